The van der Waals surface area contributed by atoms with Crippen molar-refractivity contribution >= 4 is 29.4 Å². The van der Waals surface area contributed by atoms with Gasteiger partial charge in [-0.15, -0.1) is 6.58 Å². The lowest BCUT2D eigenvalue weighted by molar-refractivity contribution is -0.142. The number of carbonyl (C=O) groups excluding carboxylic acids is 2. The molecule has 0 spiro atoms. The highest BCUT2D eigenvalue weighted by molar-refractivity contribution is 7.99. The fourth-order valence-corrected chi connectivity index (χ4v) is 4.19. The van der Waals surface area contributed by atoms with Gasteiger partial charge in [-0.05, 0) is 72.9 Å². The molecule has 0 aliphatic heterocycles. The van der Waals surface area contributed by atoms with Crippen LogP contribution in [0.15, 0.2) is 95.2 Å². The predicted octanol–water partition coefficient (Wildman–Crippen LogP) is 6.04. The molecular weight excluding hydrogens is 444 g/mol. The lowest BCUT2D eigenvalue weighted by Gasteiger charge is -2.09. The van der Waals surface area contributed by atoms with E-state index in [-0.39, 0.29) is 18.4 Å². The standard InChI is InChI=1S/C28H30N2O3S/c1-3-6-21-7-5-8-22(19-21)17-18-29-28(32)30-24-11-15-26(16-12-24)34-25-13-9-23(10-14-25)20-27(31)33-4-2/h3,5,7-16,19H,1,4,6,17-18,20H2,2H3,(H2,29,30,32). The summed E-state index contributed by atoms with van der Waals surface area (Å²) in [4.78, 5) is 25.9. The van der Waals surface area contributed by atoms with Crippen molar-refractivity contribution in [2.24, 2.45) is 0 Å². The molecule has 0 saturated carbocycles. The first kappa shape index (κ1) is 25.1. The zero-order chi connectivity index (χ0) is 24.2. The Hall–Kier alpha value is -3.51. The maximum atomic E-state index is 12.2. The predicted molar refractivity (Wildman–Crippen MR) is 138 cm³/mol. The van der Waals surface area contributed by atoms with Crippen molar-refractivity contribution in [3.05, 3.63) is 102 Å². The monoisotopic (exact) mass is 474 g/mol. The van der Waals surface area contributed by atoms with Gasteiger partial charge in [0.1, 0.15) is 0 Å². The summed E-state index contributed by atoms with van der Waals surface area (Å²) in [6, 6.07) is 23.7. The Labute approximate surface area is 205 Å². The molecule has 2 amide bonds. The molecule has 2 N–H and O–H groups in total. The number of esters is 1. The van der Waals surface area contributed by atoms with Crippen molar-refractivity contribution in [1.29, 1.82) is 0 Å². The summed E-state index contributed by atoms with van der Waals surface area (Å²) in [6.45, 7) is 6.53. The molecule has 0 aliphatic rings. The van der Waals surface area contributed by atoms with Gasteiger partial charge in [-0.3, -0.25) is 4.79 Å². The van der Waals surface area contributed by atoms with Gasteiger partial charge in [-0.25, -0.2) is 4.79 Å². The van der Waals surface area contributed by atoms with Gasteiger partial charge in [0.05, 0.1) is 13.0 Å². The first-order valence-corrected chi connectivity index (χ1v) is 12.1. The quantitative estimate of drug-likeness (QED) is 0.263. The van der Waals surface area contributed by atoms with E-state index in [0.717, 1.165) is 33.9 Å². The molecule has 0 unspecified atom stereocenters. The largest absolute Gasteiger partial charge is 0.466 e. The van der Waals surface area contributed by atoms with Crippen LogP contribution < -0.4 is 10.6 Å². The van der Waals surface area contributed by atoms with Crippen LogP contribution in [-0.4, -0.2) is 25.2 Å². The highest BCUT2D eigenvalue weighted by Crippen LogP contribution is 2.28. The number of amides is 2. The molecule has 0 fully saturated rings. The third-order valence-electron chi connectivity index (χ3n) is 5.00. The van der Waals surface area contributed by atoms with E-state index in [0.29, 0.717) is 13.2 Å². The number of carbonyl (C=O) groups is 2. The number of benzene rings is 3. The summed E-state index contributed by atoms with van der Waals surface area (Å²) in [5.41, 5.74) is 4.08. The third-order valence-corrected chi connectivity index (χ3v) is 6.01. The summed E-state index contributed by atoms with van der Waals surface area (Å²) in [5.74, 6) is -0.215. The van der Waals surface area contributed by atoms with Crippen molar-refractivity contribution in [1.82, 2.24) is 5.32 Å². The molecular formula is C28H30N2O3S. The molecule has 6 heteroatoms. The fourth-order valence-electron chi connectivity index (χ4n) is 3.37. The molecule has 0 heterocycles. The van der Waals surface area contributed by atoms with Crippen molar-refractivity contribution in [3.8, 4) is 0 Å². The number of hydrogen-bond acceptors (Lipinski definition) is 4. The van der Waals surface area contributed by atoms with Gasteiger partial charge in [-0.2, -0.15) is 0 Å². The van der Waals surface area contributed by atoms with E-state index in [1.54, 1.807) is 18.7 Å². The summed E-state index contributed by atoms with van der Waals surface area (Å²) < 4.78 is 4.98. The summed E-state index contributed by atoms with van der Waals surface area (Å²) in [5, 5.41) is 5.77. The molecule has 0 atom stereocenters. The number of ether oxygens (including phenoxy) is 1. The number of allylic oxidation sites excluding steroid dienone is 1. The molecule has 0 radical (unpaired) electrons. The van der Waals surface area contributed by atoms with Crippen LogP contribution in [0.25, 0.3) is 0 Å². The van der Waals surface area contributed by atoms with Gasteiger partial charge >= 0.3 is 12.0 Å². The van der Waals surface area contributed by atoms with Crippen molar-refractivity contribution in [2.75, 3.05) is 18.5 Å². The molecule has 3 rings (SSSR count). The highest BCUT2D eigenvalue weighted by Gasteiger charge is 2.06. The Morgan fingerprint density at radius 1 is 0.941 bits per heavy atom. The van der Waals surface area contributed by atoms with Crippen LogP contribution in [0, 0.1) is 0 Å². The Kier molecular flexibility index (Phi) is 9.80. The number of hydrogen-bond donors (Lipinski definition) is 2. The first-order chi connectivity index (χ1) is 16.6. The normalized spacial score (nSPS) is 10.4. The Balaban J connectivity index is 1.43. The van der Waals surface area contributed by atoms with Crippen LogP contribution in [0.2, 0.25) is 0 Å². The summed E-state index contributed by atoms with van der Waals surface area (Å²) in [6.07, 6.45) is 3.78. The van der Waals surface area contributed by atoms with Crippen LogP contribution in [0.1, 0.15) is 23.6 Å². The molecule has 176 valence electrons. The molecule has 0 aromatic heterocycles. The molecule has 34 heavy (non-hydrogen) atoms. The van der Waals surface area contributed by atoms with Gasteiger partial charge in [0.25, 0.3) is 0 Å². The Morgan fingerprint density at radius 3 is 2.29 bits per heavy atom. The summed E-state index contributed by atoms with van der Waals surface area (Å²) in [7, 11) is 0. The van der Waals surface area contributed by atoms with Crippen LogP contribution in [0.4, 0.5) is 10.5 Å². The number of anilines is 1. The van der Waals surface area contributed by atoms with Gasteiger partial charge in [0.2, 0.25) is 0 Å². The molecule has 0 bridgehead atoms. The van der Waals surface area contributed by atoms with E-state index in [1.165, 1.54) is 11.1 Å². The maximum Gasteiger partial charge on any atom is 0.319 e. The van der Waals surface area contributed by atoms with Crippen LogP contribution in [0.5, 0.6) is 0 Å². The minimum atomic E-state index is -0.222. The minimum Gasteiger partial charge on any atom is -0.466 e. The lowest BCUT2D eigenvalue weighted by atomic mass is 10.1. The number of nitrogens with one attached hydrogen (secondary N) is 2. The topological polar surface area (TPSA) is 67.4 Å². The highest BCUT2D eigenvalue weighted by atomic mass is 32.2. The fraction of sp³-hybridized carbons (Fsp3) is 0.214. The molecule has 3 aromatic carbocycles. The van der Waals surface area contributed by atoms with Crippen LogP contribution in [0.3, 0.4) is 0 Å². The Morgan fingerprint density at radius 2 is 1.62 bits per heavy atom. The average molecular weight is 475 g/mol. The van der Waals surface area contributed by atoms with Crippen molar-refractivity contribution in [3.63, 3.8) is 0 Å². The first-order valence-electron chi connectivity index (χ1n) is 11.3. The smallest absolute Gasteiger partial charge is 0.319 e. The van der Waals surface area contributed by atoms with Gasteiger partial charge in [-0.1, -0.05) is 54.2 Å². The van der Waals surface area contributed by atoms with Gasteiger partial charge in [0, 0.05) is 22.0 Å². The summed E-state index contributed by atoms with van der Waals surface area (Å²) >= 11 is 1.62. The van der Waals surface area contributed by atoms with Crippen molar-refractivity contribution < 1.29 is 14.3 Å². The van der Waals surface area contributed by atoms with Crippen molar-refractivity contribution in [2.45, 2.75) is 36.0 Å². The maximum absolute atomic E-state index is 12.2. The van der Waals surface area contributed by atoms with E-state index in [1.807, 2.05) is 60.7 Å². The third kappa shape index (κ3) is 8.45. The molecule has 0 saturated heterocycles. The van der Waals surface area contributed by atoms with Crippen LogP contribution in [-0.2, 0) is 28.8 Å². The zero-order valence-electron chi connectivity index (χ0n) is 19.4. The lowest BCUT2D eigenvalue weighted by Crippen LogP contribution is -2.30. The second-order valence-electron chi connectivity index (χ2n) is 7.70. The Bertz CT molecular complexity index is 1100. The SMILES string of the molecule is C=CCc1cccc(CCNC(=O)Nc2ccc(Sc3ccc(CC(=O)OCC)cc3)cc2)c1. The molecule has 0 aliphatic carbocycles. The number of urea groups is 1. The van der Waals surface area contributed by atoms with Crippen LogP contribution >= 0.6 is 11.8 Å². The molecule has 5 nitrogen and oxygen atoms in total. The van der Waals surface area contributed by atoms with E-state index in [9.17, 15) is 9.59 Å². The van der Waals surface area contributed by atoms with E-state index in [2.05, 4.69) is 35.4 Å². The van der Waals surface area contributed by atoms with E-state index in [4.69, 9.17) is 4.74 Å². The van der Waals surface area contributed by atoms with E-state index < -0.39 is 0 Å². The minimum absolute atomic E-state index is 0.215. The van der Waals surface area contributed by atoms with E-state index >= 15 is 0 Å². The van der Waals surface area contributed by atoms with Gasteiger partial charge in [0.15, 0.2) is 0 Å². The average Bonchev–Trinajstić information content (AvgIpc) is 2.82. The zero-order valence-corrected chi connectivity index (χ0v) is 20.2. The molecule has 3 aromatic rings. The number of rotatable bonds is 11. The second-order valence-corrected chi connectivity index (χ2v) is 8.84. The van der Waals surface area contributed by atoms with Gasteiger partial charge < -0.3 is 15.4 Å². The second kappa shape index (κ2) is 13.3.